The summed E-state index contributed by atoms with van der Waals surface area (Å²) in [5.41, 5.74) is 4.89. The molecule has 0 saturated carbocycles. The fourth-order valence-electron chi connectivity index (χ4n) is 5.60. The summed E-state index contributed by atoms with van der Waals surface area (Å²) >= 11 is 0. The van der Waals surface area contributed by atoms with Crippen molar-refractivity contribution in [3.8, 4) is 17.0 Å². The van der Waals surface area contributed by atoms with E-state index in [1.165, 1.54) is 0 Å². The summed E-state index contributed by atoms with van der Waals surface area (Å²) in [6.07, 6.45) is 7.37. The zero-order valence-electron chi connectivity index (χ0n) is 20.7. The molecule has 2 saturated heterocycles. The van der Waals surface area contributed by atoms with Gasteiger partial charge in [-0.25, -0.2) is 4.52 Å². The van der Waals surface area contributed by atoms with Crippen molar-refractivity contribution in [3.05, 3.63) is 41.9 Å². The number of aromatic nitrogens is 3. The SMILES string of the molecule is COc1nc(CNC2CCN(C3COC3)CC2)nn2ccc(-c3ccc4c(c3)C(CCF)CC=N4)c12. The molecular formula is C27H33FN6O2. The van der Waals surface area contributed by atoms with Crippen molar-refractivity contribution in [3.63, 3.8) is 0 Å². The van der Waals surface area contributed by atoms with Gasteiger partial charge >= 0.3 is 0 Å². The van der Waals surface area contributed by atoms with Crippen LogP contribution in [0.5, 0.6) is 5.88 Å². The Morgan fingerprint density at radius 3 is 2.81 bits per heavy atom. The van der Waals surface area contributed by atoms with E-state index < -0.39 is 0 Å². The summed E-state index contributed by atoms with van der Waals surface area (Å²) in [6.45, 7) is 4.23. The maximum absolute atomic E-state index is 13.1. The minimum atomic E-state index is -0.329. The van der Waals surface area contributed by atoms with Gasteiger partial charge in [-0.15, -0.1) is 0 Å². The van der Waals surface area contributed by atoms with E-state index in [1.807, 2.05) is 29.1 Å². The van der Waals surface area contributed by atoms with Gasteiger partial charge in [0, 0.05) is 37.1 Å². The lowest BCUT2D eigenvalue weighted by atomic mass is 9.88. The molecule has 3 aliphatic rings. The molecule has 1 aromatic carbocycles. The number of rotatable bonds is 8. The zero-order valence-corrected chi connectivity index (χ0v) is 20.7. The Balaban J connectivity index is 1.20. The van der Waals surface area contributed by atoms with Gasteiger partial charge in [0.2, 0.25) is 5.88 Å². The number of ether oxygens (including phenoxy) is 2. The van der Waals surface area contributed by atoms with Crippen LogP contribution in [0.2, 0.25) is 0 Å². The van der Waals surface area contributed by atoms with Crippen LogP contribution in [0.15, 0.2) is 35.5 Å². The van der Waals surface area contributed by atoms with Gasteiger partial charge in [-0.3, -0.25) is 14.3 Å². The monoisotopic (exact) mass is 492 g/mol. The van der Waals surface area contributed by atoms with E-state index >= 15 is 0 Å². The largest absolute Gasteiger partial charge is 0.479 e. The number of fused-ring (bicyclic) bond motifs is 2. The second-order valence-electron chi connectivity index (χ2n) is 9.94. The van der Waals surface area contributed by atoms with E-state index in [9.17, 15) is 4.39 Å². The lowest BCUT2D eigenvalue weighted by Gasteiger charge is -2.41. The minimum absolute atomic E-state index is 0.154. The first kappa shape index (κ1) is 23.5. The highest BCUT2D eigenvalue weighted by Gasteiger charge is 2.29. The smallest absolute Gasteiger partial charge is 0.242 e. The third kappa shape index (κ3) is 4.51. The number of hydrogen-bond acceptors (Lipinski definition) is 7. The van der Waals surface area contributed by atoms with Crippen LogP contribution in [0.25, 0.3) is 16.6 Å². The van der Waals surface area contributed by atoms with E-state index in [2.05, 4.69) is 27.3 Å². The highest BCUT2D eigenvalue weighted by atomic mass is 19.1. The topological polar surface area (TPSA) is 76.3 Å². The molecule has 36 heavy (non-hydrogen) atoms. The zero-order chi connectivity index (χ0) is 24.5. The quantitative estimate of drug-likeness (QED) is 0.514. The number of hydrogen-bond donors (Lipinski definition) is 1. The van der Waals surface area contributed by atoms with E-state index in [4.69, 9.17) is 19.6 Å². The number of likely N-dealkylation sites (tertiary alicyclic amines) is 1. The molecule has 0 radical (unpaired) electrons. The Bertz CT molecular complexity index is 1250. The molecule has 0 amide bonds. The van der Waals surface area contributed by atoms with Crippen LogP contribution in [0, 0.1) is 0 Å². The van der Waals surface area contributed by atoms with Crippen molar-refractivity contribution < 1.29 is 13.9 Å². The second-order valence-corrected chi connectivity index (χ2v) is 9.94. The van der Waals surface area contributed by atoms with E-state index in [0.29, 0.717) is 36.8 Å². The summed E-state index contributed by atoms with van der Waals surface area (Å²) in [4.78, 5) is 11.8. The number of alkyl halides is 1. The summed E-state index contributed by atoms with van der Waals surface area (Å²) in [7, 11) is 1.65. The molecule has 190 valence electrons. The standard InChI is InChI=1S/C27H33FN6O2/c1-35-27-26-22(19-2-3-24-23(14-19)18(4-9-28)5-10-29-24)8-13-34(26)32-25(31-27)15-30-20-6-11-33(12-7-20)21-16-36-17-21/h2-3,8,10,13-14,18,20-21,30H,4-7,9,11-12,15-17H2,1H3. The number of nitrogens with one attached hydrogen (secondary N) is 1. The second kappa shape index (κ2) is 10.2. The summed E-state index contributed by atoms with van der Waals surface area (Å²) in [5, 5.41) is 8.42. The average molecular weight is 493 g/mol. The fraction of sp³-hybridized carbons (Fsp3) is 0.519. The number of aliphatic imine (C=N–C) groups is 1. The maximum Gasteiger partial charge on any atom is 0.242 e. The Hall–Kier alpha value is -2.88. The van der Waals surface area contributed by atoms with E-state index in [0.717, 1.165) is 73.5 Å². The molecule has 1 N–H and O–H groups in total. The lowest BCUT2D eigenvalue weighted by Crippen LogP contribution is -2.53. The molecule has 3 aliphatic heterocycles. The molecular weight excluding hydrogens is 459 g/mol. The van der Waals surface area contributed by atoms with Crippen molar-refractivity contribution in [1.82, 2.24) is 24.8 Å². The first-order chi connectivity index (χ1) is 17.7. The molecule has 2 fully saturated rings. The lowest BCUT2D eigenvalue weighted by molar-refractivity contribution is -0.0719. The van der Waals surface area contributed by atoms with Crippen LogP contribution in [-0.2, 0) is 11.3 Å². The highest BCUT2D eigenvalue weighted by Crippen LogP contribution is 2.39. The fourth-order valence-corrected chi connectivity index (χ4v) is 5.60. The number of piperidine rings is 1. The van der Waals surface area contributed by atoms with Gasteiger partial charge in [-0.2, -0.15) is 10.1 Å². The van der Waals surface area contributed by atoms with Gasteiger partial charge < -0.3 is 14.8 Å². The minimum Gasteiger partial charge on any atom is -0.479 e. The average Bonchev–Trinajstić information content (AvgIpc) is 3.31. The molecule has 9 heteroatoms. The predicted octanol–water partition coefficient (Wildman–Crippen LogP) is 3.91. The molecule has 8 nitrogen and oxygen atoms in total. The van der Waals surface area contributed by atoms with Crippen LogP contribution in [0.3, 0.4) is 0 Å². The molecule has 1 unspecified atom stereocenters. The van der Waals surface area contributed by atoms with Crippen LogP contribution in [0.1, 0.15) is 43.0 Å². The number of methoxy groups -OCH3 is 1. The van der Waals surface area contributed by atoms with E-state index in [-0.39, 0.29) is 12.6 Å². The molecule has 3 aromatic rings. The molecule has 0 spiro atoms. The molecule has 6 rings (SSSR count). The van der Waals surface area contributed by atoms with Gasteiger partial charge in [0.15, 0.2) is 5.82 Å². The van der Waals surface area contributed by atoms with Gasteiger partial charge in [-0.1, -0.05) is 6.07 Å². The molecule has 0 aliphatic carbocycles. The normalized spacial score (nSPS) is 21.0. The van der Waals surface area contributed by atoms with Crippen molar-refractivity contribution in [2.45, 2.75) is 50.2 Å². The Morgan fingerprint density at radius 1 is 1.19 bits per heavy atom. The first-order valence-corrected chi connectivity index (χ1v) is 12.9. The number of benzene rings is 1. The van der Waals surface area contributed by atoms with Gasteiger partial charge in [0.25, 0.3) is 0 Å². The Labute approximate surface area is 210 Å². The number of nitrogens with zero attached hydrogens (tertiary/aromatic N) is 5. The molecule has 0 bridgehead atoms. The highest BCUT2D eigenvalue weighted by molar-refractivity contribution is 5.86. The van der Waals surface area contributed by atoms with E-state index in [1.54, 1.807) is 7.11 Å². The van der Waals surface area contributed by atoms with Gasteiger partial charge in [0.05, 0.1) is 45.3 Å². The molecule has 2 aromatic heterocycles. The maximum atomic E-state index is 13.1. The van der Waals surface area contributed by atoms with Crippen LogP contribution in [0.4, 0.5) is 10.1 Å². The van der Waals surface area contributed by atoms with Crippen LogP contribution in [-0.4, -0.2) is 77.9 Å². The van der Waals surface area contributed by atoms with Crippen molar-refractivity contribution in [2.24, 2.45) is 4.99 Å². The Kier molecular flexibility index (Phi) is 6.69. The van der Waals surface area contributed by atoms with Gasteiger partial charge in [0.1, 0.15) is 5.52 Å². The Morgan fingerprint density at radius 2 is 2.06 bits per heavy atom. The summed E-state index contributed by atoms with van der Waals surface area (Å²) in [6, 6.07) is 9.33. The third-order valence-electron chi connectivity index (χ3n) is 7.79. The predicted molar refractivity (Wildman–Crippen MR) is 137 cm³/mol. The van der Waals surface area contributed by atoms with Crippen molar-refractivity contribution in [1.29, 1.82) is 0 Å². The summed E-state index contributed by atoms with van der Waals surface area (Å²) in [5.74, 6) is 1.41. The third-order valence-corrected chi connectivity index (χ3v) is 7.79. The first-order valence-electron chi connectivity index (χ1n) is 12.9. The number of halogens is 1. The van der Waals surface area contributed by atoms with Crippen LogP contribution < -0.4 is 10.1 Å². The van der Waals surface area contributed by atoms with Gasteiger partial charge in [-0.05, 0) is 60.9 Å². The molecule has 5 heterocycles. The summed E-state index contributed by atoms with van der Waals surface area (Å²) < 4.78 is 26.1. The van der Waals surface area contributed by atoms with Crippen molar-refractivity contribution >= 4 is 17.4 Å². The van der Waals surface area contributed by atoms with Crippen molar-refractivity contribution in [2.75, 3.05) is 40.1 Å². The molecule has 1 atom stereocenters. The van der Waals surface area contributed by atoms with Crippen LogP contribution >= 0.6 is 0 Å².